The van der Waals surface area contributed by atoms with E-state index in [2.05, 4.69) is 168 Å². The van der Waals surface area contributed by atoms with E-state index in [1.54, 1.807) is 0 Å². The van der Waals surface area contributed by atoms with Crippen molar-refractivity contribution in [1.82, 2.24) is 0 Å². The first-order valence-corrected chi connectivity index (χ1v) is 23.4. The first-order valence-electron chi connectivity index (χ1n) is 23.4. The average Bonchev–Trinajstić information content (AvgIpc) is 3.31. The Kier molecular flexibility index (Phi) is 13.0. The number of fused-ring (bicyclic) bond motifs is 2. The van der Waals surface area contributed by atoms with Crippen molar-refractivity contribution in [3.8, 4) is 34.1 Å². The minimum atomic E-state index is -1.21. The van der Waals surface area contributed by atoms with Crippen LogP contribution in [0.4, 0.5) is 0 Å². The summed E-state index contributed by atoms with van der Waals surface area (Å²) in [6.45, 7) is 40.1. The van der Waals surface area contributed by atoms with Crippen LogP contribution >= 0.6 is 0 Å². The Bertz CT molecular complexity index is 2070. The maximum atomic E-state index is 7.42. The molecule has 1 atom stereocenters. The minimum Gasteiger partial charge on any atom is -0.493 e. The van der Waals surface area contributed by atoms with Crippen LogP contribution in [0.25, 0.3) is 11.1 Å². The molecule has 3 aliphatic heterocycles. The Hall–Kier alpha value is -3.84. The third kappa shape index (κ3) is 8.38. The highest BCUT2D eigenvalue weighted by Crippen LogP contribution is 2.52. The molecule has 1 saturated heterocycles. The summed E-state index contributed by atoms with van der Waals surface area (Å²) in [5.74, 6) is 3.44. The number of benzene rings is 3. The molecular weight excluding hydrogens is 743 g/mol. The lowest BCUT2D eigenvalue weighted by molar-refractivity contribution is -0.928. The number of quaternary nitrogens is 1. The van der Waals surface area contributed by atoms with Crippen LogP contribution in [0, 0.1) is 6.92 Å². The molecule has 7 heteroatoms. The van der Waals surface area contributed by atoms with Gasteiger partial charge in [0.25, 0.3) is 0 Å². The van der Waals surface area contributed by atoms with Crippen LogP contribution in [0.15, 0.2) is 42.5 Å². The molecule has 3 heterocycles. The Morgan fingerprint density at radius 1 is 0.617 bits per heavy atom. The highest BCUT2D eigenvalue weighted by Gasteiger charge is 2.83. The predicted molar refractivity (Wildman–Crippen MR) is 249 cm³/mol. The highest BCUT2D eigenvalue weighted by atomic mass is 16.7. The van der Waals surface area contributed by atoms with E-state index in [0.717, 1.165) is 68.3 Å². The standard InChI is InChI=1S/C53H80N3O4/c1-16-20-26-56(27-21-17-2,28-22-18-3)29-31-58-45-25-23-24-44(57-30-19-4)46(45)39-32-38(5)47-40(33-39)36-54-51(12,13)52(14,15)55-37-41-34-42(49(6,7)8)35-43(50(9,10)11)48(41)60-53(54,55)59-47/h23-25,32-37H,16-22,26-31H2,1-15H3/q+3. The second-order valence-electron chi connectivity index (χ2n) is 21.1. The fraction of sp³-hybridized carbons (Fsp3) is 0.623. The van der Waals surface area contributed by atoms with Crippen molar-refractivity contribution in [3.63, 3.8) is 0 Å². The molecule has 1 unspecified atom stereocenters. The van der Waals surface area contributed by atoms with Crippen LogP contribution in [0.5, 0.6) is 23.0 Å². The normalized spacial score (nSPS) is 18.9. The van der Waals surface area contributed by atoms with Gasteiger partial charge in [-0.3, -0.25) is 0 Å². The Morgan fingerprint density at radius 2 is 1.13 bits per heavy atom. The van der Waals surface area contributed by atoms with Gasteiger partial charge < -0.3 is 23.4 Å². The van der Waals surface area contributed by atoms with Gasteiger partial charge in [-0.1, -0.05) is 110 Å². The Labute approximate surface area is 364 Å². The van der Waals surface area contributed by atoms with Crippen molar-refractivity contribution >= 4 is 12.4 Å². The van der Waals surface area contributed by atoms with E-state index in [-0.39, 0.29) is 16.4 Å². The van der Waals surface area contributed by atoms with Gasteiger partial charge in [0, 0.05) is 33.3 Å². The molecular formula is C53H80N3O4+3. The summed E-state index contributed by atoms with van der Waals surface area (Å²) < 4.78 is 34.0. The maximum Gasteiger partial charge on any atom is 0.705 e. The average molecular weight is 823 g/mol. The van der Waals surface area contributed by atoms with Gasteiger partial charge >= 0.3 is 6.03 Å². The molecule has 0 amide bonds. The quantitative estimate of drug-likeness (QED) is 0.100. The molecule has 7 nitrogen and oxygen atoms in total. The zero-order valence-corrected chi connectivity index (χ0v) is 40.4. The van der Waals surface area contributed by atoms with Gasteiger partial charge in [-0.15, -0.1) is 0 Å². The Balaban J connectivity index is 1.45. The van der Waals surface area contributed by atoms with E-state index in [1.807, 2.05) is 0 Å². The highest BCUT2D eigenvalue weighted by molar-refractivity contribution is 5.88. The second kappa shape index (κ2) is 17.1. The van der Waals surface area contributed by atoms with Crippen LogP contribution in [0.3, 0.4) is 0 Å². The molecule has 1 spiro atoms. The van der Waals surface area contributed by atoms with E-state index in [1.165, 1.54) is 69.3 Å². The van der Waals surface area contributed by atoms with E-state index < -0.39 is 11.6 Å². The van der Waals surface area contributed by atoms with Gasteiger partial charge in [0.2, 0.25) is 11.1 Å². The Morgan fingerprint density at radius 3 is 1.63 bits per heavy atom. The van der Waals surface area contributed by atoms with Crippen molar-refractivity contribution in [2.75, 3.05) is 39.4 Å². The van der Waals surface area contributed by atoms with Crippen molar-refractivity contribution in [1.29, 1.82) is 0 Å². The van der Waals surface area contributed by atoms with Crippen molar-refractivity contribution < 1.29 is 32.6 Å². The van der Waals surface area contributed by atoms with Crippen LogP contribution in [-0.2, 0) is 10.8 Å². The van der Waals surface area contributed by atoms with Crippen molar-refractivity contribution in [2.45, 2.75) is 177 Å². The monoisotopic (exact) mass is 823 g/mol. The van der Waals surface area contributed by atoms with Gasteiger partial charge in [0.05, 0.1) is 42.9 Å². The molecule has 60 heavy (non-hydrogen) atoms. The SMILES string of the molecule is CCCC[N+](CCCC)(CCCC)CCOc1cccc(OCCC)c1-c1cc(C)c2c(c1)C=[N+]1C3(O2)Oc2c(cc(C(C)(C)C)cc2C(C)(C)C)C=[N+]3C(C)(C)C1(C)C. The molecule has 0 bridgehead atoms. The number of nitrogens with zero attached hydrogens (tertiary/aromatic N) is 3. The molecule has 0 N–H and O–H groups in total. The number of unbranched alkanes of at least 4 members (excludes halogenated alkanes) is 3. The van der Waals surface area contributed by atoms with Crippen molar-refractivity contribution in [2.24, 2.45) is 0 Å². The van der Waals surface area contributed by atoms with Crippen LogP contribution in [-0.4, -0.2) is 82.6 Å². The zero-order chi connectivity index (χ0) is 43.9. The fourth-order valence-electron chi connectivity index (χ4n) is 9.44. The molecule has 6 rings (SSSR count). The van der Waals surface area contributed by atoms with E-state index in [9.17, 15) is 0 Å². The largest absolute Gasteiger partial charge is 0.705 e. The maximum absolute atomic E-state index is 7.42. The summed E-state index contributed by atoms with van der Waals surface area (Å²) in [7, 11) is 0. The van der Waals surface area contributed by atoms with E-state index in [4.69, 9.17) is 18.9 Å². The van der Waals surface area contributed by atoms with Gasteiger partial charge in [0.15, 0.2) is 23.9 Å². The van der Waals surface area contributed by atoms with Gasteiger partial charge in [-0.2, -0.15) is 0 Å². The number of hydrogen-bond acceptors (Lipinski definition) is 4. The van der Waals surface area contributed by atoms with Gasteiger partial charge in [-0.05, 0) is 90.5 Å². The smallest absolute Gasteiger partial charge is 0.493 e. The lowest BCUT2D eigenvalue weighted by atomic mass is 9.78. The first kappa shape index (κ1) is 45.7. The molecule has 3 aromatic rings. The lowest BCUT2D eigenvalue weighted by Crippen LogP contribution is -2.61. The third-order valence-corrected chi connectivity index (χ3v) is 13.9. The molecule has 3 aromatic carbocycles. The fourth-order valence-corrected chi connectivity index (χ4v) is 9.44. The molecule has 0 radical (unpaired) electrons. The topological polar surface area (TPSA) is 42.9 Å². The number of rotatable bonds is 17. The van der Waals surface area contributed by atoms with Crippen molar-refractivity contribution in [3.05, 3.63) is 70.3 Å². The summed E-state index contributed by atoms with van der Waals surface area (Å²) in [4.78, 5) is 0. The minimum absolute atomic E-state index is 0.0144. The van der Waals surface area contributed by atoms with Crippen LogP contribution in [0.2, 0.25) is 0 Å². The summed E-state index contributed by atoms with van der Waals surface area (Å²) >= 11 is 0. The van der Waals surface area contributed by atoms with Crippen LogP contribution < -0.4 is 18.9 Å². The number of aryl methyl sites for hydroxylation is 1. The van der Waals surface area contributed by atoms with E-state index in [0.29, 0.717) is 13.2 Å². The predicted octanol–water partition coefficient (Wildman–Crippen LogP) is 12.2. The van der Waals surface area contributed by atoms with Gasteiger partial charge in [0.1, 0.15) is 24.7 Å². The van der Waals surface area contributed by atoms with Crippen LogP contribution in [0.1, 0.15) is 170 Å². The molecule has 0 aromatic heterocycles. The number of hydrogen-bond donors (Lipinski definition) is 0. The molecule has 328 valence electrons. The first-order chi connectivity index (χ1) is 28.2. The van der Waals surface area contributed by atoms with Gasteiger partial charge in [-0.25, -0.2) is 0 Å². The second-order valence-corrected chi connectivity index (χ2v) is 21.1. The molecule has 1 fully saturated rings. The summed E-state index contributed by atoms with van der Waals surface area (Å²) in [5.41, 5.74) is 6.77. The third-order valence-electron chi connectivity index (χ3n) is 13.9. The zero-order valence-electron chi connectivity index (χ0n) is 40.4. The molecule has 0 saturated carbocycles. The number of ether oxygens (including phenoxy) is 4. The lowest BCUT2D eigenvalue weighted by Gasteiger charge is -2.39. The summed E-state index contributed by atoms with van der Waals surface area (Å²) in [5, 5.41) is 0. The molecule has 0 aliphatic carbocycles. The summed E-state index contributed by atoms with van der Waals surface area (Å²) in [6.07, 6.45) is 12.9. The summed E-state index contributed by atoms with van der Waals surface area (Å²) in [6, 6.07) is 14.3. The molecule has 3 aliphatic rings. The van der Waals surface area contributed by atoms with E-state index >= 15 is 0 Å².